The van der Waals surface area contributed by atoms with E-state index in [1.165, 1.54) is 23.5 Å². The summed E-state index contributed by atoms with van der Waals surface area (Å²) in [5.74, 6) is 0.373. The monoisotopic (exact) mass is 438 g/mol. The van der Waals surface area contributed by atoms with Crippen LogP contribution in [0.2, 0.25) is 0 Å². The molecule has 1 atom stereocenters. The van der Waals surface area contributed by atoms with Crippen LogP contribution in [0.25, 0.3) is 0 Å². The smallest absolute Gasteiger partial charge is 0.265 e. The zero-order valence-corrected chi connectivity index (χ0v) is 18.6. The van der Waals surface area contributed by atoms with Gasteiger partial charge in [0.2, 0.25) is 0 Å². The standard InChI is InChI=1S/C24H26N2O4S/c1-4-22(30-23-13-9-8-10-18(23)2)24(27)25-19-14-16-21(17-15-19)31(28,29)26(3)20-11-6-5-7-12-20/h5-17,22H,4H2,1-3H3,(H,25,27). The van der Waals surface area contributed by atoms with Gasteiger partial charge in [0.1, 0.15) is 5.75 Å². The molecule has 3 rings (SSSR count). The van der Waals surface area contributed by atoms with Gasteiger partial charge in [-0.2, -0.15) is 0 Å². The Morgan fingerprint density at radius 3 is 2.19 bits per heavy atom. The second-order valence-electron chi connectivity index (χ2n) is 7.10. The van der Waals surface area contributed by atoms with Crippen LogP contribution in [0.1, 0.15) is 18.9 Å². The molecule has 3 aromatic carbocycles. The average molecular weight is 439 g/mol. The Bertz CT molecular complexity index is 1130. The number of para-hydroxylation sites is 2. The van der Waals surface area contributed by atoms with Crippen LogP contribution in [0.3, 0.4) is 0 Å². The molecule has 0 saturated carbocycles. The quantitative estimate of drug-likeness (QED) is 0.557. The first-order valence-electron chi connectivity index (χ1n) is 10.00. The Balaban J connectivity index is 1.71. The molecule has 0 aliphatic heterocycles. The van der Waals surface area contributed by atoms with Gasteiger partial charge in [-0.3, -0.25) is 9.10 Å². The first kappa shape index (κ1) is 22.4. The lowest BCUT2D eigenvalue weighted by Crippen LogP contribution is -2.32. The molecule has 0 fully saturated rings. The summed E-state index contributed by atoms with van der Waals surface area (Å²) in [6.07, 6.45) is -0.164. The van der Waals surface area contributed by atoms with Gasteiger partial charge < -0.3 is 10.1 Å². The molecule has 0 radical (unpaired) electrons. The zero-order chi connectivity index (χ0) is 22.4. The van der Waals surface area contributed by atoms with Crippen LogP contribution in [0, 0.1) is 6.92 Å². The number of ether oxygens (including phenoxy) is 1. The second-order valence-corrected chi connectivity index (χ2v) is 9.07. The molecule has 6 nitrogen and oxygen atoms in total. The Kier molecular flexibility index (Phi) is 6.97. The number of carbonyl (C=O) groups excluding carboxylic acids is 1. The Hall–Kier alpha value is -3.32. The number of aryl methyl sites for hydroxylation is 1. The van der Waals surface area contributed by atoms with E-state index in [9.17, 15) is 13.2 Å². The molecule has 0 heterocycles. The first-order valence-corrected chi connectivity index (χ1v) is 11.4. The van der Waals surface area contributed by atoms with Gasteiger partial charge in [0.05, 0.1) is 10.6 Å². The van der Waals surface area contributed by atoms with Crippen molar-refractivity contribution in [3.05, 3.63) is 84.4 Å². The summed E-state index contributed by atoms with van der Waals surface area (Å²) < 4.78 is 32.8. The van der Waals surface area contributed by atoms with E-state index in [0.717, 1.165) is 5.56 Å². The second kappa shape index (κ2) is 9.66. The van der Waals surface area contributed by atoms with Crippen LogP contribution in [0.15, 0.2) is 83.8 Å². The molecule has 31 heavy (non-hydrogen) atoms. The highest BCUT2D eigenvalue weighted by Gasteiger charge is 2.22. The lowest BCUT2D eigenvalue weighted by molar-refractivity contribution is -0.122. The van der Waals surface area contributed by atoms with Gasteiger partial charge in [-0.15, -0.1) is 0 Å². The van der Waals surface area contributed by atoms with Crippen LogP contribution in [0.4, 0.5) is 11.4 Å². The third-order valence-electron chi connectivity index (χ3n) is 4.93. The zero-order valence-electron chi connectivity index (χ0n) is 17.8. The summed E-state index contributed by atoms with van der Waals surface area (Å²) in [6, 6.07) is 22.5. The highest BCUT2D eigenvalue weighted by Crippen LogP contribution is 2.23. The molecule has 0 saturated heterocycles. The first-order chi connectivity index (χ1) is 14.8. The molecule has 0 aromatic heterocycles. The molecular weight excluding hydrogens is 412 g/mol. The molecule has 7 heteroatoms. The van der Waals surface area contributed by atoms with E-state index in [1.54, 1.807) is 36.4 Å². The number of anilines is 2. The molecule has 0 bridgehead atoms. The van der Waals surface area contributed by atoms with Crippen molar-refractivity contribution >= 4 is 27.3 Å². The number of carbonyl (C=O) groups is 1. The average Bonchev–Trinajstić information content (AvgIpc) is 2.79. The summed E-state index contributed by atoms with van der Waals surface area (Å²) in [5.41, 5.74) is 2.02. The summed E-state index contributed by atoms with van der Waals surface area (Å²) in [7, 11) is -2.20. The van der Waals surface area contributed by atoms with Crippen molar-refractivity contribution < 1.29 is 17.9 Å². The van der Waals surface area contributed by atoms with Gasteiger partial charge in [-0.05, 0) is 61.4 Å². The van der Waals surface area contributed by atoms with E-state index in [1.807, 2.05) is 44.2 Å². The van der Waals surface area contributed by atoms with E-state index >= 15 is 0 Å². The SMILES string of the molecule is CCC(Oc1ccccc1C)C(=O)Nc1ccc(S(=O)(=O)N(C)c2ccccc2)cc1. The number of nitrogens with one attached hydrogen (secondary N) is 1. The summed E-state index contributed by atoms with van der Waals surface area (Å²) in [5, 5.41) is 2.80. The third kappa shape index (κ3) is 5.24. The van der Waals surface area contributed by atoms with Gasteiger partial charge >= 0.3 is 0 Å². The van der Waals surface area contributed by atoms with Gasteiger partial charge in [0.25, 0.3) is 15.9 Å². The lowest BCUT2D eigenvalue weighted by Gasteiger charge is -2.20. The number of rotatable bonds is 8. The minimum atomic E-state index is -3.71. The molecule has 0 aliphatic carbocycles. The van der Waals surface area contributed by atoms with E-state index in [0.29, 0.717) is 23.5 Å². The molecule has 0 aliphatic rings. The topological polar surface area (TPSA) is 75.7 Å². The Morgan fingerprint density at radius 2 is 1.58 bits per heavy atom. The van der Waals surface area contributed by atoms with E-state index < -0.39 is 16.1 Å². The molecular formula is C24H26N2O4S. The molecule has 1 amide bonds. The van der Waals surface area contributed by atoms with Crippen molar-refractivity contribution in [2.75, 3.05) is 16.7 Å². The van der Waals surface area contributed by atoms with Crippen LogP contribution >= 0.6 is 0 Å². The normalized spacial score (nSPS) is 12.1. The van der Waals surface area contributed by atoms with Crippen molar-refractivity contribution in [1.82, 2.24) is 0 Å². The van der Waals surface area contributed by atoms with Gasteiger partial charge in [-0.1, -0.05) is 43.3 Å². The summed E-state index contributed by atoms with van der Waals surface area (Å²) >= 11 is 0. The predicted octanol–water partition coefficient (Wildman–Crippen LogP) is 4.62. The maximum Gasteiger partial charge on any atom is 0.265 e. The van der Waals surface area contributed by atoms with Crippen molar-refractivity contribution in [3.8, 4) is 5.75 Å². The predicted molar refractivity (Wildman–Crippen MR) is 123 cm³/mol. The lowest BCUT2D eigenvalue weighted by atomic mass is 10.2. The third-order valence-corrected chi connectivity index (χ3v) is 6.73. The molecule has 162 valence electrons. The highest BCUT2D eigenvalue weighted by molar-refractivity contribution is 7.92. The fraction of sp³-hybridized carbons (Fsp3) is 0.208. The van der Waals surface area contributed by atoms with Gasteiger partial charge in [-0.25, -0.2) is 8.42 Å². The molecule has 1 N–H and O–H groups in total. The molecule has 1 unspecified atom stereocenters. The van der Waals surface area contributed by atoms with E-state index in [-0.39, 0.29) is 10.8 Å². The largest absolute Gasteiger partial charge is 0.480 e. The van der Waals surface area contributed by atoms with Crippen LogP contribution in [-0.4, -0.2) is 27.5 Å². The number of hydrogen-bond donors (Lipinski definition) is 1. The van der Waals surface area contributed by atoms with Gasteiger partial charge in [0, 0.05) is 12.7 Å². The van der Waals surface area contributed by atoms with Crippen molar-refractivity contribution in [2.24, 2.45) is 0 Å². The Morgan fingerprint density at radius 1 is 0.968 bits per heavy atom. The number of amides is 1. The number of hydrogen-bond acceptors (Lipinski definition) is 4. The van der Waals surface area contributed by atoms with Crippen LogP contribution in [0.5, 0.6) is 5.75 Å². The van der Waals surface area contributed by atoms with Crippen molar-refractivity contribution in [1.29, 1.82) is 0 Å². The molecule has 0 spiro atoms. The van der Waals surface area contributed by atoms with Crippen LogP contribution < -0.4 is 14.4 Å². The maximum atomic E-state index is 12.9. The maximum absolute atomic E-state index is 12.9. The van der Waals surface area contributed by atoms with E-state index in [2.05, 4.69) is 5.32 Å². The van der Waals surface area contributed by atoms with Gasteiger partial charge in [0.15, 0.2) is 6.10 Å². The summed E-state index contributed by atoms with van der Waals surface area (Å²) in [6.45, 7) is 3.79. The number of sulfonamides is 1. The Labute approximate surface area is 183 Å². The van der Waals surface area contributed by atoms with Crippen molar-refractivity contribution in [3.63, 3.8) is 0 Å². The van der Waals surface area contributed by atoms with Crippen molar-refractivity contribution in [2.45, 2.75) is 31.3 Å². The van der Waals surface area contributed by atoms with Crippen LogP contribution in [-0.2, 0) is 14.8 Å². The number of nitrogens with zero attached hydrogens (tertiary/aromatic N) is 1. The number of benzene rings is 3. The highest BCUT2D eigenvalue weighted by atomic mass is 32.2. The molecule has 3 aromatic rings. The summed E-state index contributed by atoms with van der Waals surface area (Å²) in [4.78, 5) is 12.8. The minimum Gasteiger partial charge on any atom is -0.480 e. The minimum absolute atomic E-state index is 0.139. The fourth-order valence-electron chi connectivity index (χ4n) is 3.03. The van der Waals surface area contributed by atoms with E-state index in [4.69, 9.17) is 4.74 Å². The fourth-order valence-corrected chi connectivity index (χ4v) is 4.23.